The molecule has 128 valence electrons. The van der Waals surface area contributed by atoms with Crippen LogP contribution >= 0.6 is 24.2 Å². The van der Waals surface area contributed by atoms with Crippen molar-refractivity contribution in [3.8, 4) is 0 Å². The summed E-state index contributed by atoms with van der Waals surface area (Å²) in [7, 11) is 0. The van der Waals surface area contributed by atoms with Gasteiger partial charge in [0.2, 0.25) is 5.91 Å². The highest BCUT2D eigenvalue weighted by Gasteiger charge is 2.31. The van der Waals surface area contributed by atoms with Crippen LogP contribution in [0.25, 0.3) is 0 Å². The fraction of sp³-hybridized carbons (Fsp3) is 0.938. The highest BCUT2D eigenvalue weighted by molar-refractivity contribution is 7.99. The van der Waals surface area contributed by atoms with Gasteiger partial charge < -0.3 is 15.0 Å². The number of hydrogen-bond donors (Lipinski definition) is 1. The number of thioether (sulfide) groups is 1. The Balaban J connectivity index is 0.00000176. The second kappa shape index (κ2) is 9.36. The quantitative estimate of drug-likeness (QED) is 0.845. The molecule has 1 amide bonds. The lowest BCUT2D eigenvalue weighted by atomic mass is 9.92. The Morgan fingerprint density at radius 1 is 1.14 bits per heavy atom. The summed E-state index contributed by atoms with van der Waals surface area (Å²) in [5, 5.41) is 3.49. The number of amides is 1. The molecule has 6 heteroatoms. The van der Waals surface area contributed by atoms with Crippen LogP contribution in [0.5, 0.6) is 0 Å². The zero-order chi connectivity index (χ0) is 14.5. The molecule has 22 heavy (non-hydrogen) atoms. The molecule has 0 radical (unpaired) electrons. The van der Waals surface area contributed by atoms with E-state index >= 15 is 0 Å². The van der Waals surface area contributed by atoms with Crippen LogP contribution in [0.15, 0.2) is 0 Å². The Labute approximate surface area is 144 Å². The molecule has 3 rings (SSSR count). The first-order valence-electron chi connectivity index (χ1n) is 8.51. The van der Waals surface area contributed by atoms with Crippen molar-refractivity contribution in [3.05, 3.63) is 0 Å². The van der Waals surface area contributed by atoms with E-state index in [1.165, 1.54) is 32.1 Å². The van der Waals surface area contributed by atoms with Gasteiger partial charge in [0.1, 0.15) is 0 Å². The van der Waals surface area contributed by atoms with Gasteiger partial charge in [-0.3, -0.25) is 4.79 Å². The average Bonchev–Trinajstić information content (AvgIpc) is 2.87. The molecular formula is C16H29ClN2O2S. The molecule has 0 spiro atoms. The summed E-state index contributed by atoms with van der Waals surface area (Å²) in [6.45, 7) is 5.13. The largest absolute Gasteiger partial charge is 0.377 e. The van der Waals surface area contributed by atoms with Gasteiger partial charge in [-0.2, -0.15) is 0 Å². The van der Waals surface area contributed by atoms with Crippen LogP contribution in [-0.4, -0.2) is 61.2 Å². The van der Waals surface area contributed by atoms with Crippen molar-refractivity contribution in [3.63, 3.8) is 0 Å². The van der Waals surface area contributed by atoms with Gasteiger partial charge in [0.05, 0.1) is 11.9 Å². The Kier molecular flexibility index (Phi) is 7.81. The van der Waals surface area contributed by atoms with E-state index in [0.717, 1.165) is 50.4 Å². The normalized spacial score (nSPS) is 32.0. The summed E-state index contributed by atoms with van der Waals surface area (Å²) in [5.74, 6) is 3.54. The number of rotatable bonds is 4. The second-order valence-electron chi connectivity index (χ2n) is 6.64. The average molecular weight is 349 g/mol. The first-order valence-corrected chi connectivity index (χ1v) is 9.66. The van der Waals surface area contributed by atoms with Gasteiger partial charge in [0.25, 0.3) is 0 Å². The molecule has 3 heterocycles. The zero-order valence-corrected chi connectivity index (χ0v) is 14.9. The molecule has 0 aromatic rings. The fourth-order valence-corrected chi connectivity index (χ4v) is 4.78. The summed E-state index contributed by atoms with van der Waals surface area (Å²) in [5.41, 5.74) is 0. The highest BCUT2D eigenvalue weighted by Crippen LogP contribution is 2.27. The molecule has 1 N–H and O–H groups in total. The molecule has 0 aromatic carbocycles. The van der Waals surface area contributed by atoms with E-state index in [-0.39, 0.29) is 12.4 Å². The van der Waals surface area contributed by atoms with Crippen molar-refractivity contribution in [2.45, 2.75) is 38.2 Å². The van der Waals surface area contributed by atoms with Crippen LogP contribution in [0.4, 0.5) is 0 Å². The van der Waals surface area contributed by atoms with Gasteiger partial charge in [-0.1, -0.05) is 0 Å². The lowest BCUT2D eigenvalue weighted by Crippen LogP contribution is -2.34. The van der Waals surface area contributed by atoms with Crippen molar-refractivity contribution in [1.29, 1.82) is 0 Å². The third-order valence-corrected chi connectivity index (χ3v) is 6.23. The zero-order valence-electron chi connectivity index (χ0n) is 13.3. The number of likely N-dealkylation sites (tertiary alicyclic amines) is 1. The lowest BCUT2D eigenvalue weighted by Gasteiger charge is -2.23. The van der Waals surface area contributed by atoms with Crippen LogP contribution in [-0.2, 0) is 9.53 Å². The molecule has 0 saturated carbocycles. The smallest absolute Gasteiger partial charge is 0.232 e. The summed E-state index contributed by atoms with van der Waals surface area (Å²) in [6, 6.07) is 0. The van der Waals surface area contributed by atoms with Crippen LogP contribution in [0, 0.1) is 11.8 Å². The molecule has 4 nitrogen and oxygen atoms in total. The molecule has 0 aliphatic carbocycles. The minimum atomic E-state index is 0. The Morgan fingerprint density at radius 3 is 2.50 bits per heavy atom. The van der Waals surface area contributed by atoms with Gasteiger partial charge >= 0.3 is 0 Å². The molecule has 3 saturated heterocycles. The third kappa shape index (κ3) is 5.02. The Hall–Kier alpha value is 0.0300. The standard InChI is InChI=1S/C16H28N2O2S.ClH/c19-16(12-21-11-15-3-1-2-8-20-15)18-6-4-13-9-17-10-14(13)5-7-18;/h13-15,17H,1-12H2;1H/t13-,14+,15?;. The predicted molar refractivity (Wildman–Crippen MR) is 93.8 cm³/mol. The van der Waals surface area contributed by atoms with E-state index < -0.39 is 0 Å². The first kappa shape index (κ1) is 18.4. The summed E-state index contributed by atoms with van der Waals surface area (Å²) >= 11 is 1.76. The van der Waals surface area contributed by atoms with Crippen LogP contribution in [0.3, 0.4) is 0 Å². The molecule has 3 aliphatic heterocycles. The van der Waals surface area contributed by atoms with E-state index in [0.29, 0.717) is 17.8 Å². The van der Waals surface area contributed by atoms with E-state index in [9.17, 15) is 4.79 Å². The predicted octanol–water partition coefficient (Wildman–Crippen LogP) is 2.17. The van der Waals surface area contributed by atoms with Crippen LogP contribution in [0.2, 0.25) is 0 Å². The number of nitrogens with zero attached hydrogens (tertiary/aromatic N) is 1. The minimum absolute atomic E-state index is 0. The molecular weight excluding hydrogens is 320 g/mol. The maximum Gasteiger partial charge on any atom is 0.232 e. The van der Waals surface area contributed by atoms with Crippen molar-refractivity contribution >= 4 is 30.1 Å². The summed E-state index contributed by atoms with van der Waals surface area (Å²) in [4.78, 5) is 14.5. The number of carbonyl (C=O) groups excluding carboxylic acids is 1. The summed E-state index contributed by atoms with van der Waals surface area (Å²) in [6.07, 6.45) is 6.39. The van der Waals surface area contributed by atoms with Gasteiger partial charge in [-0.25, -0.2) is 0 Å². The van der Waals surface area contributed by atoms with Gasteiger partial charge in [-0.15, -0.1) is 24.2 Å². The van der Waals surface area contributed by atoms with Gasteiger partial charge in [-0.05, 0) is 57.0 Å². The molecule has 0 bridgehead atoms. The third-order valence-electron chi connectivity index (χ3n) is 5.18. The maximum atomic E-state index is 12.4. The number of nitrogens with one attached hydrogen (secondary N) is 1. The second-order valence-corrected chi connectivity index (χ2v) is 7.67. The number of ether oxygens (including phenoxy) is 1. The lowest BCUT2D eigenvalue weighted by molar-refractivity contribution is -0.128. The van der Waals surface area contributed by atoms with Gasteiger partial charge in [0.15, 0.2) is 0 Å². The molecule has 3 aliphatic rings. The van der Waals surface area contributed by atoms with Crippen molar-refractivity contribution in [2.24, 2.45) is 11.8 Å². The van der Waals surface area contributed by atoms with Crippen LogP contribution < -0.4 is 5.32 Å². The number of hydrogen-bond acceptors (Lipinski definition) is 4. The molecule has 3 atom stereocenters. The topological polar surface area (TPSA) is 41.6 Å². The van der Waals surface area contributed by atoms with Gasteiger partial charge in [0, 0.05) is 25.4 Å². The SMILES string of the molecule is Cl.O=C(CSCC1CCCCO1)N1CC[C@@H]2CNC[C@@H]2CC1. The fourth-order valence-electron chi connectivity index (χ4n) is 3.78. The van der Waals surface area contributed by atoms with Crippen molar-refractivity contribution in [1.82, 2.24) is 10.2 Å². The molecule has 1 unspecified atom stereocenters. The van der Waals surface area contributed by atoms with E-state index in [1.807, 2.05) is 0 Å². The molecule has 0 aromatic heterocycles. The first-order chi connectivity index (χ1) is 10.3. The monoisotopic (exact) mass is 348 g/mol. The Bertz CT molecular complexity index is 339. The number of carbonyl (C=O) groups is 1. The molecule has 3 fully saturated rings. The van der Waals surface area contributed by atoms with Crippen LogP contribution in [0.1, 0.15) is 32.1 Å². The summed E-state index contributed by atoms with van der Waals surface area (Å²) < 4.78 is 5.72. The number of halogens is 1. The Morgan fingerprint density at radius 2 is 1.86 bits per heavy atom. The van der Waals surface area contributed by atoms with E-state index in [1.54, 1.807) is 11.8 Å². The van der Waals surface area contributed by atoms with E-state index in [4.69, 9.17) is 4.74 Å². The highest BCUT2D eigenvalue weighted by atomic mass is 35.5. The maximum absolute atomic E-state index is 12.4. The van der Waals surface area contributed by atoms with Crippen molar-refractivity contribution < 1.29 is 9.53 Å². The minimum Gasteiger partial charge on any atom is -0.377 e. The number of fused-ring (bicyclic) bond motifs is 1. The van der Waals surface area contributed by atoms with Crippen molar-refractivity contribution in [2.75, 3.05) is 44.3 Å². The van der Waals surface area contributed by atoms with E-state index in [2.05, 4.69) is 10.2 Å².